The lowest BCUT2D eigenvalue weighted by Crippen LogP contribution is -2.40. The maximum Gasteiger partial charge on any atom is 0.249 e. The first-order valence-corrected chi connectivity index (χ1v) is 8.49. The molecule has 2 aromatic rings. The molecule has 0 aromatic carbocycles. The van der Waals surface area contributed by atoms with Crippen molar-refractivity contribution in [2.24, 2.45) is 0 Å². The molecular weight excluding hydrogens is 318 g/mol. The van der Waals surface area contributed by atoms with Crippen LogP contribution >= 0.6 is 0 Å². The summed E-state index contributed by atoms with van der Waals surface area (Å²) in [6, 6.07) is 7.53. The van der Waals surface area contributed by atoms with Gasteiger partial charge < -0.3 is 15.0 Å². The predicted molar refractivity (Wildman–Crippen MR) is 94.5 cm³/mol. The van der Waals surface area contributed by atoms with Gasteiger partial charge in [-0.1, -0.05) is 6.07 Å². The van der Waals surface area contributed by atoms with Crippen LogP contribution < -0.4 is 5.32 Å². The van der Waals surface area contributed by atoms with Gasteiger partial charge in [-0.25, -0.2) is 15.0 Å². The molecule has 0 saturated carbocycles. The highest BCUT2D eigenvalue weighted by Gasteiger charge is 2.29. The number of nitrogens with zero attached hydrogens (tertiary/aromatic N) is 4. The molecule has 0 spiro atoms. The Morgan fingerprint density at radius 2 is 2.20 bits per heavy atom. The molecule has 0 unspecified atom stereocenters. The topological polar surface area (TPSA) is 80.2 Å². The van der Waals surface area contributed by atoms with Gasteiger partial charge in [0.05, 0.1) is 11.7 Å². The molecule has 7 heteroatoms. The van der Waals surface area contributed by atoms with E-state index in [1.165, 1.54) is 0 Å². The number of rotatable bonds is 5. The Morgan fingerprint density at radius 1 is 1.32 bits per heavy atom. The Labute approximate surface area is 147 Å². The van der Waals surface area contributed by atoms with Gasteiger partial charge in [0.25, 0.3) is 0 Å². The van der Waals surface area contributed by atoms with Crippen LogP contribution in [0, 0.1) is 6.92 Å². The SMILES string of the molecule is COCC(=O)N1CCCC[C@@H]1c1cc(Nc2ccccn2)nc(C)n1. The summed E-state index contributed by atoms with van der Waals surface area (Å²) in [4.78, 5) is 27.5. The van der Waals surface area contributed by atoms with Crippen molar-refractivity contribution < 1.29 is 9.53 Å². The number of amides is 1. The minimum Gasteiger partial charge on any atom is -0.375 e. The number of aryl methyl sites for hydroxylation is 1. The van der Waals surface area contributed by atoms with E-state index in [1.807, 2.05) is 36.1 Å². The van der Waals surface area contributed by atoms with E-state index < -0.39 is 0 Å². The zero-order valence-electron chi connectivity index (χ0n) is 14.6. The van der Waals surface area contributed by atoms with E-state index in [4.69, 9.17) is 4.74 Å². The Morgan fingerprint density at radius 3 is 2.96 bits per heavy atom. The summed E-state index contributed by atoms with van der Waals surface area (Å²) in [7, 11) is 1.54. The minimum atomic E-state index is -0.0395. The molecule has 0 aliphatic carbocycles. The second-order valence-corrected chi connectivity index (χ2v) is 6.10. The fourth-order valence-electron chi connectivity index (χ4n) is 3.14. The van der Waals surface area contributed by atoms with Crippen LogP contribution in [0.15, 0.2) is 30.5 Å². The Balaban J connectivity index is 1.86. The van der Waals surface area contributed by atoms with Crippen molar-refractivity contribution >= 4 is 17.5 Å². The lowest BCUT2D eigenvalue weighted by molar-refractivity contribution is -0.139. The molecular formula is C18H23N5O2. The van der Waals surface area contributed by atoms with E-state index in [0.717, 1.165) is 37.3 Å². The van der Waals surface area contributed by atoms with Gasteiger partial charge in [0.1, 0.15) is 24.1 Å². The highest BCUT2D eigenvalue weighted by molar-refractivity contribution is 5.78. The molecule has 1 aliphatic rings. The molecule has 132 valence electrons. The summed E-state index contributed by atoms with van der Waals surface area (Å²) in [5, 5.41) is 3.20. The number of piperidine rings is 1. The zero-order chi connectivity index (χ0) is 17.6. The smallest absolute Gasteiger partial charge is 0.249 e. The molecule has 1 aliphatic heterocycles. The van der Waals surface area contributed by atoms with E-state index >= 15 is 0 Å². The number of ether oxygens (including phenoxy) is 1. The van der Waals surface area contributed by atoms with Crippen LogP contribution in [-0.2, 0) is 9.53 Å². The normalized spacial score (nSPS) is 17.4. The molecule has 1 saturated heterocycles. The van der Waals surface area contributed by atoms with Gasteiger partial charge in [0.2, 0.25) is 5.91 Å². The Kier molecular flexibility index (Phi) is 5.55. The van der Waals surface area contributed by atoms with Gasteiger partial charge in [-0.05, 0) is 38.3 Å². The highest BCUT2D eigenvalue weighted by Crippen LogP contribution is 2.31. The lowest BCUT2D eigenvalue weighted by atomic mass is 9.98. The van der Waals surface area contributed by atoms with Crippen LogP contribution in [0.4, 0.5) is 11.6 Å². The fourth-order valence-corrected chi connectivity index (χ4v) is 3.14. The summed E-state index contributed by atoms with van der Waals surface area (Å²) < 4.78 is 5.02. The van der Waals surface area contributed by atoms with E-state index in [9.17, 15) is 4.79 Å². The highest BCUT2D eigenvalue weighted by atomic mass is 16.5. The molecule has 1 N–H and O–H groups in total. The number of likely N-dealkylation sites (tertiary alicyclic amines) is 1. The molecule has 1 amide bonds. The van der Waals surface area contributed by atoms with E-state index in [-0.39, 0.29) is 18.6 Å². The lowest BCUT2D eigenvalue weighted by Gasteiger charge is -2.35. The second-order valence-electron chi connectivity index (χ2n) is 6.10. The maximum absolute atomic E-state index is 12.4. The molecule has 3 rings (SSSR count). The van der Waals surface area contributed by atoms with Crippen LogP contribution in [0.1, 0.15) is 36.8 Å². The van der Waals surface area contributed by atoms with Gasteiger partial charge in [-0.2, -0.15) is 0 Å². The van der Waals surface area contributed by atoms with Crippen LogP contribution in [0.5, 0.6) is 0 Å². The fraction of sp³-hybridized carbons (Fsp3) is 0.444. The predicted octanol–water partition coefficient (Wildman–Crippen LogP) is 2.62. The number of anilines is 2. The van der Waals surface area contributed by atoms with Crippen molar-refractivity contribution in [2.75, 3.05) is 25.6 Å². The maximum atomic E-state index is 12.4. The van der Waals surface area contributed by atoms with Gasteiger partial charge in [0.15, 0.2) is 0 Å². The van der Waals surface area contributed by atoms with Crippen LogP contribution in [0.3, 0.4) is 0 Å². The van der Waals surface area contributed by atoms with Gasteiger partial charge >= 0.3 is 0 Å². The summed E-state index contributed by atoms with van der Waals surface area (Å²) in [6.07, 6.45) is 4.71. The van der Waals surface area contributed by atoms with Crippen molar-refractivity contribution in [2.45, 2.75) is 32.2 Å². The summed E-state index contributed by atoms with van der Waals surface area (Å²) in [5.41, 5.74) is 0.857. The Bertz CT molecular complexity index is 723. The molecule has 1 atom stereocenters. The van der Waals surface area contributed by atoms with Crippen LogP contribution in [0.2, 0.25) is 0 Å². The first-order valence-electron chi connectivity index (χ1n) is 8.49. The number of aromatic nitrogens is 3. The average molecular weight is 341 g/mol. The van der Waals surface area contributed by atoms with E-state index in [1.54, 1.807) is 13.3 Å². The number of pyridine rings is 1. The molecule has 0 bridgehead atoms. The molecule has 0 radical (unpaired) electrons. The third-order valence-corrected chi connectivity index (χ3v) is 4.21. The van der Waals surface area contributed by atoms with Crippen molar-refractivity contribution in [1.82, 2.24) is 19.9 Å². The monoisotopic (exact) mass is 341 g/mol. The van der Waals surface area contributed by atoms with Gasteiger partial charge in [-0.3, -0.25) is 4.79 Å². The number of nitrogens with one attached hydrogen (secondary N) is 1. The standard InChI is InChI=1S/C18H23N5O2/c1-13-20-14(11-17(21-13)22-16-8-3-5-9-19-16)15-7-4-6-10-23(15)18(24)12-25-2/h3,5,8-9,11,15H,4,6-7,10,12H2,1-2H3,(H,19,20,21,22)/t15-/m1/s1. The third kappa shape index (κ3) is 4.30. The second kappa shape index (κ2) is 8.02. The minimum absolute atomic E-state index is 0.00250. The molecule has 1 fully saturated rings. The van der Waals surface area contributed by atoms with Gasteiger partial charge in [0, 0.05) is 25.9 Å². The quantitative estimate of drug-likeness (QED) is 0.900. The largest absolute Gasteiger partial charge is 0.375 e. The van der Waals surface area contributed by atoms with Crippen LogP contribution in [0.25, 0.3) is 0 Å². The zero-order valence-corrected chi connectivity index (χ0v) is 14.6. The number of carbonyl (C=O) groups excluding carboxylic acids is 1. The Hall–Kier alpha value is -2.54. The number of hydrogen-bond acceptors (Lipinski definition) is 6. The van der Waals surface area contributed by atoms with Crippen molar-refractivity contribution in [1.29, 1.82) is 0 Å². The number of methoxy groups -OCH3 is 1. The number of carbonyl (C=O) groups is 1. The molecule has 7 nitrogen and oxygen atoms in total. The molecule has 25 heavy (non-hydrogen) atoms. The summed E-state index contributed by atoms with van der Waals surface area (Å²) in [6.45, 7) is 2.69. The van der Waals surface area contributed by atoms with Crippen LogP contribution in [-0.4, -0.2) is 46.0 Å². The number of hydrogen-bond donors (Lipinski definition) is 1. The van der Waals surface area contributed by atoms with E-state index in [2.05, 4.69) is 20.3 Å². The average Bonchev–Trinajstić information content (AvgIpc) is 2.62. The third-order valence-electron chi connectivity index (χ3n) is 4.21. The first kappa shape index (κ1) is 17.3. The summed E-state index contributed by atoms with van der Waals surface area (Å²) >= 11 is 0. The first-order chi connectivity index (χ1) is 12.2. The molecule has 2 aromatic heterocycles. The van der Waals surface area contributed by atoms with Crippen molar-refractivity contribution in [3.63, 3.8) is 0 Å². The van der Waals surface area contributed by atoms with Gasteiger partial charge in [-0.15, -0.1) is 0 Å². The van der Waals surface area contributed by atoms with Crippen molar-refractivity contribution in [3.8, 4) is 0 Å². The van der Waals surface area contributed by atoms with Crippen molar-refractivity contribution in [3.05, 3.63) is 42.0 Å². The van der Waals surface area contributed by atoms with E-state index in [0.29, 0.717) is 11.6 Å². The molecule has 3 heterocycles. The summed E-state index contributed by atoms with van der Waals surface area (Å²) in [5.74, 6) is 2.08.